The van der Waals surface area contributed by atoms with Crippen molar-refractivity contribution in [1.82, 2.24) is 24.6 Å². The van der Waals surface area contributed by atoms with E-state index in [1.54, 1.807) is 0 Å². The highest BCUT2D eigenvalue weighted by atomic mass is 32.2. The summed E-state index contributed by atoms with van der Waals surface area (Å²) in [5.41, 5.74) is 2.10. The molecule has 0 unspecified atom stereocenters. The van der Waals surface area contributed by atoms with Gasteiger partial charge >= 0.3 is 0 Å². The van der Waals surface area contributed by atoms with Crippen molar-refractivity contribution in [2.75, 3.05) is 32.1 Å². The molecule has 1 fully saturated rings. The van der Waals surface area contributed by atoms with E-state index >= 15 is 0 Å². The molecule has 0 bridgehead atoms. The molecule has 8 heteroatoms. The first-order valence-corrected chi connectivity index (χ1v) is 9.74. The van der Waals surface area contributed by atoms with E-state index in [1.165, 1.54) is 11.8 Å². The quantitative estimate of drug-likeness (QED) is 0.697. The normalized spacial score (nSPS) is 14.9. The number of carbonyl (C=O) groups excluding carboxylic acids is 1. The number of hydrogen-bond donors (Lipinski definition) is 1. The van der Waals surface area contributed by atoms with E-state index < -0.39 is 0 Å². The number of aromatic nitrogens is 4. The summed E-state index contributed by atoms with van der Waals surface area (Å²) in [6, 6.07) is 8.14. The van der Waals surface area contributed by atoms with Gasteiger partial charge in [-0.05, 0) is 13.0 Å². The Morgan fingerprint density at radius 2 is 2.08 bits per heavy atom. The highest BCUT2D eigenvalue weighted by Gasteiger charge is 2.20. The van der Waals surface area contributed by atoms with Gasteiger partial charge in [-0.1, -0.05) is 30.0 Å². The van der Waals surface area contributed by atoms with Crippen molar-refractivity contribution in [2.45, 2.75) is 18.6 Å². The lowest BCUT2D eigenvalue weighted by Gasteiger charge is -2.26. The highest BCUT2D eigenvalue weighted by molar-refractivity contribution is 7.99. The summed E-state index contributed by atoms with van der Waals surface area (Å²) < 4.78 is 7.36. The second kappa shape index (κ2) is 7.51. The first-order valence-electron chi connectivity index (χ1n) is 8.76. The molecule has 1 aliphatic rings. The standard InChI is InChI=1S/C18H21N5O2S/c1-2-23-17(14-11-19-15-6-4-3-5-13(14)15)20-21-18(23)26-12-16(24)22-7-9-25-10-8-22/h3-6,11,19H,2,7-10,12H2,1H3. The number of rotatable bonds is 5. The molecule has 1 aromatic carbocycles. The maximum Gasteiger partial charge on any atom is 0.233 e. The van der Waals surface area contributed by atoms with Crippen LogP contribution in [0.2, 0.25) is 0 Å². The van der Waals surface area contributed by atoms with Crippen LogP contribution >= 0.6 is 11.8 Å². The monoisotopic (exact) mass is 371 g/mol. The Labute approximate surface area is 155 Å². The molecule has 26 heavy (non-hydrogen) atoms. The zero-order chi connectivity index (χ0) is 17.9. The maximum absolute atomic E-state index is 12.4. The molecular formula is C18H21N5O2S. The van der Waals surface area contributed by atoms with Gasteiger partial charge in [0.25, 0.3) is 0 Å². The van der Waals surface area contributed by atoms with Crippen molar-refractivity contribution in [3.63, 3.8) is 0 Å². The highest BCUT2D eigenvalue weighted by Crippen LogP contribution is 2.30. The van der Waals surface area contributed by atoms with E-state index in [0.717, 1.165) is 34.0 Å². The van der Waals surface area contributed by atoms with Gasteiger partial charge in [0.15, 0.2) is 11.0 Å². The van der Waals surface area contributed by atoms with E-state index in [9.17, 15) is 4.79 Å². The Hall–Kier alpha value is -2.32. The molecular weight excluding hydrogens is 350 g/mol. The summed E-state index contributed by atoms with van der Waals surface area (Å²) >= 11 is 1.44. The van der Waals surface area contributed by atoms with Crippen molar-refractivity contribution in [2.24, 2.45) is 0 Å². The van der Waals surface area contributed by atoms with Crippen molar-refractivity contribution in [3.8, 4) is 11.4 Å². The van der Waals surface area contributed by atoms with Crippen LogP contribution in [0.4, 0.5) is 0 Å². The Morgan fingerprint density at radius 3 is 2.88 bits per heavy atom. The van der Waals surface area contributed by atoms with Crippen molar-refractivity contribution in [1.29, 1.82) is 0 Å². The van der Waals surface area contributed by atoms with Crippen LogP contribution in [-0.2, 0) is 16.1 Å². The number of nitrogens with one attached hydrogen (secondary N) is 1. The summed E-state index contributed by atoms with van der Waals surface area (Å²) in [6.07, 6.45) is 1.97. The lowest BCUT2D eigenvalue weighted by atomic mass is 10.1. The number of amides is 1. The molecule has 3 aromatic rings. The van der Waals surface area contributed by atoms with E-state index in [0.29, 0.717) is 32.1 Å². The summed E-state index contributed by atoms with van der Waals surface area (Å²) in [5.74, 6) is 1.32. The lowest BCUT2D eigenvalue weighted by Crippen LogP contribution is -2.41. The van der Waals surface area contributed by atoms with Crippen LogP contribution in [-0.4, -0.2) is 62.6 Å². The predicted octanol–water partition coefficient (Wildman–Crippen LogP) is 2.40. The third-order valence-electron chi connectivity index (χ3n) is 4.55. The summed E-state index contributed by atoms with van der Waals surface area (Å²) in [7, 11) is 0. The molecule has 1 aliphatic heterocycles. The number of hydrogen-bond acceptors (Lipinski definition) is 5. The van der Waals surface area contributed by atoms with Gasteiger partial charge in [0, 0.05) is 42.3 Å². The molecule has 1 amide bonds. The SMILES string of the molecule is CCn1c(SCC(=O)N2CCOCC2)nnc1-c1c[nH]c2ccccc12. The van der Waals surface area contributed by atoms with Gasteiger partial charge in [0.2, 0.25) is 5.91 Å². The Balaban J connectivity index is 1.54. The van der Waals surface area contributed by atoms with Crippen LogP contribution < -0.4 is 0 Å². The average molecular weight is 371 g/mol. The van der Waals surface area contributed by atoms with Gasteiger partial charge in [-0.25, -0.2) is 0 Å². The number of H-pyrrole nitrogens is 1. The van der Waals surface area contributed by atoms with Gasteiger partial charge in [0.1, 0.15) is 0 Å². The van der Waals surface area contributed by atoms with E-state index in [4.69, 9.17) is 4.74 Å². The number of para-hydroxylation sites is 1. The summed E-state index contributed by atoms with van der Waals surface area (Å²) in [6.45, 7) is 5.38. The lowest BCUT2D eigenvalue weighted by molar-refractivity contribution is -0.132. The van der Waals surface area contributed by atoms with Gasteiger partial charge in [-0.15, -0.1) is 10.2 Å². The third-order valence-corrected chi connectivity index (χ3v) is 5.50. The Bertz CT molecular complexity index is 913. The topological polar surface area (TPSA) is 76.0 Å². The molecule has 0 saturated carbocycles. The molecule has 1 saturated heterocycles. The third kappa shape index (κ3) is 3.22. The first kappa shape index (κ1) is 17.1. The number of thioether (sulfide) groups is 1. The van der Waals surface area contributed by atoms with Gasteiger partial charge in [-0.3, -0.25) is 4.79 Å². The molecule has 0 spiro atoms. The minimum Gasteiger partial charge on any atom is -0.378 e. The van der Waals surface area contributed by atoms with Crippen LogP contribution in [0.5, 0.6) is 0 Å². The molecule has 3 heterocycles. The fourth-order valence-electron chi connectivity index (χ4n) is 3.17. The molecule has 0 radical (unpaired) electrons. The number of fused-ring (bicyclic) bond motifs is 1. The number of carbonyl (C=O) groups is 1. The predicted molar refractivity (Wildman–Crippen MR) is 101 cm³/mol. The second-order valence-corrected chi connectivity index (χ2v) is 7.02. The average Bonchev–Trinajstić information content (AvgIpc) is 3.30. The largest absolute Gasteiger partial charge is 0.378 e. The fourth-order valence-corrected chi connectivity index (χ4v) is 4.07. The van der Waals surface area contributed by atoms with Crippen molar-refractivity contribution in [3.05, 3.63) is 30.5 Å². The van der Waals surface area contributed by atoms with Crippen LogP contribution in [0, 0.1) is 0 Å². The van der Waals surface area contributed by atoms with Crippen LogP contribution in [0.25, 0.3) is 22.3 Å². The van der Waals surface area contributed by atoms with Crippen molar-refractivity contribution < 1.29 is 9.53 Å². The van der Waals surface area contributed by atoms with Gasteiger partial charge in [0.05, 0.1) is 19.0 Å². The van der Waals surface area contributed by atoms with E-state index in [-0.39, 0.29) is 5.91 Å². The fraction of sp³-hybridized carbons (Fsp3) is 0.389. The smallest absolute Gasteiger partial charge is 0.233 e. The molecule has 0 atom stereocenters. The van der Waals surface area contributed by atoms with Crippen LogP contribution in [0.1, 0.15) is 6.92 Å². The maximum atomic E-state index is 12.4. The Kier molecular flexibility index (Phi) is 4.94. The molecule has 4 rings (SSSR count). The van der Waals surface area contributed by atoms with E-state index in [2.05, 4.69) is 32.7 Å². The number of nitrogens with zero attached hydrogens (tertiary/aromatic N) is 4. The molecule has 0 aliphatic carbocycles. The van der Waals surface area contributed by atoms with Gasteiger partial charge in [-0.2, -0.15) is 0 Å². The van der Waals surface area contributed by atoms with Gasteiger partial charge < -0.3 is 19.2 Å². The Morgan fingerprint density at radius 1 is 1.27 bits per heavy atom. The molecule has 7 nitrogen and oxygen atoms in total. The van der Waals surface area contributed by atoms with E-state index in [1.807, 2.05) is 29.3 Å². The molecule has 136 valence electrons. The zero-order valence-corrected chi connectivity index (χ0v) is 15.5. The number of aromatic amines is 1. The summed E-state index contributed by atoms with van der Waals surface area (Å²) in [4.78, 5) is 17.5. The van der Waals surface area contributed by atoms with Crippen molar-refractivity contribution >= 4 is 28.6 Å². The second-order valence-electron chi connectivity index (χ2n) is 6.08. The van der Waals surface area contributed by atoms with Crippen LogP contribution in [0.3, 0.4) is 0 Å². The number of morpholine rings is 1. The zero-order valence-electron chi connectivity index (χ0n) is 14.6. The number of benzene rings is 1. The minimum atomic E-state index is 0.123. The van der Waals surface area contributed by atoms with Crippen LogP contribution in [0.15, 0.2) is 35.6 Å². The molecule has 1 N–H and O–H groups in total. The minimum absolute atomic E-state index is 0.123. The summed E-state index contributed by atoms with van der Waals surface area (Å²) in [5, 5.41) is 10.6. The molecule has 2 aromatic heterocycles. The number of ether oxygens (including phenoxy) is 1. The first-order chi connectivity index (χ1) is 12.8.